The third-order valence-corrected chi connectivity index (χ3v) is 3.06. The summed E-state index contributed by atoms with van der Waals surface area (Å²) in [7, 11) is 0. The SMILES string of the molecule is Cc1cc(OCC2C=CC=CC2)nc(C)c1C=O. The third kappa shape index (κ3) is 2.86. The lowest BCUT2D eigenvalue weighted by atomic mass is 10.0. The van der Waals surface area contributed by atoms with E-state index in [9.17, 15) is 4.79 Å². The van der Waals surface area contributed by atoms with E-state index in [-0.39, 0.29) is 0 Å². The first kappa shape index (κ1) is 12.6. The van der Waals surface area contributed by atoms with Crippen molar-refractivity contribution in [3.05, 3.63) is 47.2 Å². The van der Waals surface area contributed by atoms with Crippen LogP contribution in [-0.4, -0.2) is 17.9 Å². The second-order valence-electron chi connectivity index (χ2n) is 4.51. The average Bonchev–Trinajstić information content (AvgIpc) is 2.37. The van der Waals surface area contributed by atoms with Crippen molar-refractivity contribution >= 4 is 6.29 Å². The molecule has 0 N–H and O–H groups in total. The summed E-state index contributed by atoms with van der Waals surface area (Å²) < 4.78 is 5.69. The summed E-state index contributed by atoms with van der Waals surface area (Å²) in [6.07, 6.45) is 10.2. The van der Waals surface area contributed by atoms with Gasteiger partial charge in [0.1, 0.15) is 0 Å². The number of carbonyl (C=O) groups is 1. The van der Waals surface area contributed by atoms with Crippen LogP contribution in [0.1, 0.15) is 28.0 Å². The van der Waals surface area contributed by atoms with Gasteiger partial charge in [0.15, 0.2) is 6.29 Å². The summed E-state index contributed by atoms with van der Waals surface area (Å²) in [5.41, 5.74) is 2.29. The number of aryl methyl sites for hydroxylation is 2. The zero-order valence-electron chi connectivity index (χ0n) is 10.7. The van der Waals surface area contributed by atoms with Crippen LogP contribution in [0, 0.1) is 19.8 Å². The molecule has 0 bridgehead atoms. The van der Waals surface area contributed by atoms with Gasteiger partial charge in [-0.25, -0.2) is 4.98 Å². The number of allylic oxidation sites excluding steroid dienone is 3. The maximum atomic E-state index is 10.9. The van der Waals surface area contributed by atoms with Gasteiger partial charge in [-0.3, -0.25) is 4.79 Å². The number of pyridine rings is 1. The number of hydrogen-bond donors (Lipinski definition) is 0. The van der Waals surface area contributed by atoms with Crippen molar-refractivity contribution in [3.8, 4) is 5.88 Å². The van der Waals surface area contributed by atoms with Crippen molar-refractivity contribution in [1.82, 2.24) is 4.98 Å². The van der Waals surface area contributed by atoms with Gasteiger partial charge in [0.05, 0.1) is 12.3 Å². The van der Waals surface area contributed by atoms with Gasteiger partial charge in [-0.1, -0.05) is 24.3 Å². The van der Waals surface area contributed by atoms with Crippen LogP contribution in [0.3, 0.4) is 0 Å². The second kappa shape index (κ2) is 5.63. The Labute approximate surface area is 107 Å². The standard InChI is InChI=1S/C15H17NO2/c1-11-8-15(16-12(2)14(11)9-17)18-10-13-6-4-3-5-7-13/h3-6,8-9,13H,7,10H2,1-2H3. The molecule has 1 atom stereocenters. The zero-order chi connectivity index (χ0) is 13.0. The van der Waals surface area contributed by atoms with E-state index < -0.39 is 0 Å². The molecule has 0 fully saturated rings. The number of hydrogen-bond acceptors (Lipinski definition) is 3. The average molecular weight is 243 g/mol. The predicted molar refractivity (Wildman–Crippen MR) is 71.0 cm³/mol. The summed E-state index contributed by atoms with van der Waals surface area (Å²) in [6, 6.07) is 1.82. The lowest BCUT2D eigenvalue weighted by Gasteiger charge is -2.14. The Morgan fingerprint density at radius 3 is 2.89 bits per heavy atom. The van der Waals surface area contributed by atoms with Gasteiger partial charge < -0.3 is 4.74 Å². The highest BCUT2D eigenvalue weighted by atomic mass is 16.5. The molecular formula is C15H17NO2. The van der Waals surface area contributed by atoms with E-state index in [2.05, 4.69) is 17.1 Å². The number of rotatable bonds is 4. The van der Waals surface area contributed by atoms with Crippen molar-refractivity contribution in [2.24, 2.45) is 5.92 Å². The van der Waals surface area contributed by atoms with Crippen LogP contribution < -0.4 is 4.74 Å². The Bertz CT molecular complexity index is 480. The minimum Gasteiger partial charge on any atom is -0.477 e. The van der Waals surface area contributed by atoms with Crippen molar-refractivity contribution in [3.63, 3.8) is 0 Å². The Morgan fingerprint density at radius 1 is 1.44 bits per heavy atom. The summed E-state index contributed by atoms with van der Waals surface area (Å²) in [5.74, 6) is 1.00. The number of aromatic nitrogens is 1. The molecule has 0 amide bonds. The maximum absolute atomic E-state index is 10.9. The number of nitrogens with zero attached hydrogens (tertiary/aromatic N) is 1. The van der Waals surface area contributed by atoms with Gasteiger partial charge in [0.2, 0.25) is 5.88 Å². The van der Waals surface area contributed by atoms with E-state index in [1.165, 1.54) is 0 Å². The fraction of sp³-hybridized carbons (Fsp3) is 0.333. The topological polar surface area (TPSA) is 39.2 Å². The molecule has 1 aromatic rings. The maximum Gasteiger partial charge on any atom is 0.213 e. The van der Waals surface area contributed by atoms with Gasteiger partial charge in [0.25, 0.3) is 0 Å². The number of ether oxygens (including phenoxy) is 1. The molecule has 18 heavy (non-hydrogen) atoms. The van der Waals surface area contributed by atoms with E-state index in [4.69, 9.17) is 4.74 Å². The first-order valence-electron chi connectivity index (χ1n) is 6.10. The Kier molecular flexibility index (Phi) is 3.92. The largest absolute Gasteiger partial charge is 0.477 e. The monoisotopic (exact) mass is 243 g/mol. The van der Waals surface area contributed by atoms with E-state index in [1.807, 2.05) is 32.1 Å². The molecular weight excluding hydrogens is 226 g/mol. The second-order valence-corrected chi connectivity index (χ2v) is 4.51. The summed E-state index contributed by atoms with van der Waals surface area (Å²) >= 11 is 0. The van der Waals surface area contributed by atoms with Gasteiger partial charge in [0, 0.05) is 17.5 Å². The molecule has 1 aliphatic rings. The lowest BCUT2D eigenvalue weighted by molar-refractivity contribution is 0.112. The smallest absolute Gasteiger partial charge is 0.213 e. The quantitative estimate of drug-likeness (QED) is 0.763. The number of aldehydes is 1. The molecule has 1 unspecified atom stereocenters. The molecule has 0 radical (unpaired) electrons. The molecule has 3 nitrogen and oxygen atoms in total. The molecule has 0 aliphatic heterocycles. The molecule has 2 rings (SSSR count). The zero-order valence-corrected chi connectivity index (χ0v) is 10.7. The van der Waals surface area contributed by atoms with Crippen LogP contribution in [0.4, 0.5) is 0 Å². The van der Waals surface area contributed by atoms with Crippen molar-refractivity contribution < 1.29 is 9.53 Å². The highest BCUT2D eigenvalue weighted by Gasteiger charge is 2.09. The lowest BCUT2D eigenvalue weighted by Crippen LogP contribution is -2.11. The Hall–Kier alpha value is -1.90. The minimum absolute atomic E-state index is 0.406. The summed E-state index contributed by atoms with van der Waals surface area (Å²) in [6.45, 7) is 4.34. The molecule has 0 saturated heterocycles. The van der Waals surface area contributed by atoms with Crippen LogP contribution in [0.25, 0.3) is 0 Å². The minimum atomic E-state index is 0.406. The van der Waals surface area contributed by atoms with Gasteiger partial charge in [-0.15, -0.1) is 0 Å². The highest BCUT2D eigenvalue weighted by molar-refractivity contribution is 5.78. The molecule has 1 aromatic heterocycles. The normalized spacial score (nSPS) is 17.8. The Balaban J connectivity index is 2.03. The molecule has 1 heterocycles. The fourth-order valence-electron chi connectivity index (χ4n) is 2.01. The molecule has 0 spiro atoms. The van der Waals surface area contributed by atoms with Crippen molar-refractivity contribution in [1.29, 1.82) is 0 Å². The molecule has 0 aromatic carbocycles. The van der Waals surface area contributed by atoms with Gasteiger partial charge >= 0.3 is 0 Å². The summed E-state index contributed by atoms with van der Waals surface area (Å²) in [4.78, 5) is 15.2. The molecule has 94 valence electrons. The summed E-state index contributed by atoms with van der Waals surface area (Å²) in [5, 5.41) is 0. The molecule has 0 saturated carbocycles. The van der Waals surface area contributed by atoms with Gasteiger partial charge in [-0.2, -0.15) is 0 Å². The van der Waals surface area contributed by atoms with Crippen LogP contribution in [0.15, 0.2) is 30.4 Å². The predicted octanol–water partition coefficient (Wildman–Crippen LogP) is 3.02. The highest BCUT2D eigenvalue weighted by Crippen LogP contribution is 2.18. The third-order valence-electron chi connectivity index (χ3n) is 3.06. The van der Waals surface area contributed by atoms with E-state index in [0.29, 0.717) is 24.0 Å². The first-order valence-corrected chi connectivity index (χ1v) is 6.10. The van der Waals surface area contributed by atoms with E-state index in [1.54, 1.807) is 0 Å². The first-order chi connectivity index (χ1) is 8.70. The molecule has 1 aliphatic carbocycles. The van der Waals surface area contributed by atoms with Crippen LogP contribution >= 0.6 is 0 Å². The van der Waals surface area contributed by atoms with E-state index in [0.717, 1.165) is 24.0 Å². The Morgan fingerprint density at radius 2 is 2.28 bits per heavy atom. The number of carbonyl (C=O) groups excluding carboxylic acids is 1. The van der Waals surface area contributed by atoms with Crippen LogP contribution in [-0.2, 0) is 0 Å². The fourth-order valence-corrected chi connectivity index (χ4v) is 2.01. The van der Waals surface area contributed by atoms with Crippen LogP contribution in [0.2, 0.25) is 0 Å². The molecule has 3 heteroatoms. The van der Waals surface area contributed by atoms with Gasteiger partial charge in [-0.05, 0) is 25.8 Å². The van der Waals surface area contributed by atoms with Crippen molar-refractivity contribution in [2.45, 2.75) is 20.3 Å². The van der Waals surface area contributed by atoms with Crippen molar-refractivity contribution in [2.75, 3.05) is 6.61 Å². The van der Waals surface area contributed by atoms with Crippen LogP contribution in [0.5, 0.6) is 5.88 Å². The van der Waals surface area contributed by atoms with E-state index >= 15 is 0 Å².